The molecule has 0 N–H and O–H groups in total. The Morgan fingerprint density at radius 3 is 3.00 bits per heavy atom. The number of amides is 1. The van der Waals surface area contributed by atoms with E-state index in [4.69, 9.17) is 20.9 Å². The van der Waals surface area contributed by atoms with Gasteiger partial charge in [0.15, 0.2) is 5.69 Å². The van der Waals surface area contributed by atoms with Gasteiger partial charge >= 0.3 is 0 Å². The van der Waals surface area contributed by atoms with Crippen LogP contribution in [0.3, 0.4) is 0 Å². The maximum atomic E-state index is 13.0. The second-order valence-corrected chi connectivity index (χ2v) is 7.05. The molecule has 4 rings (SSSR count). The molecule has 1 amide bonds. The van der Waals surface area contributed by atoms with Gasteiger partial charge in [-0.25, -0.2) is 4.68 Å². The second-order valence-electron chi connectivity index (χ2n) is 6.61. The lowest BCUT2D eigenvalue weighted by atomic mass is 10.0. The first-order valence-electron chi connectivity index (χ1n) is 8.90. The predicted octanol–water partition coefficient (Wildman–Crippen LogP) is 2.78. The number of likely N-dealkylation sites (tertiary alicyclic amines) is 1. The topological polar surface area (TPSA) is 99.2 Å². The minimum absolute atomic E-state index is 0.0112. The van der Waals surface area contributed by atoms with Gasteiger partial charge in [-0.1, -0.05) is 22.0 Å². The van der Waals surface area contributed by atoms with Crippen molar-refractivity contribution in [3.05, 3.63) is 40.9 Å². The minimum Gasteiger partial charge on any atom is -0.496 e. The van der Waals surface area contributed by atoms with Crippen LogP contribution >= 0.6 is 11.6 Å². The Balaban J connectivity index is 1.53. The van der Waals surface area contributed by atoms with E-state index in [2.05, 4.69) is 20.5 Å². The van der Waals surface area contributed by atoms with E-state index >= 15 is 0 Å². The van der Waals surface area contributed by atoms with Crippen molar-refractivity contribution in [2.45, 2.75) is 25.8 Å². The molecule has 28 heavy (non-hydrogen) atoms. The van der Waals surface area contributed by atoms with Crippen molar-refractivity contribution in [1.29, 1.82) is 0 Å². The van der Waals surface area contributed by atoms with Crippen molar-refractivity contribution in [3.8, 4) is 17.3 Å². The molecule has 0 aliphatic carbocycles. The molecule has 0 unspecified atom stereocenters. The number of halogens is 1. The molecule has 1 saturated heterocycles. The minimum atomic E-state index is -0.113. The number of ether oxygens (including phenoxy) is 1. The molecule has 1 aromatic carbocycles. The molecule has 1 aliphatic rings. The SMILES string of the molecule is COc1ccc(Cl)cc1C(=O)N1CCC[C@H](n2cc(-c3noc(C)n3)nn2)C1. The van der Waals surface area contributed by atoms with Gasteiger partial charge in [-0.05, 0) is 31.0 Å². The Morgan fingerprint density at radius 1 is 1.39 bits per heavy atom. The molecule has 0 spiro atoms. The van der Waals surface area contributed by atoms with Crippen LogP contribution in [0.4, 0.5) is 0 Å². The molecule has 146 valence electrons. The third kappa shape index (κ3) is 3.57. The highest BCUT2D eigenvalue weighted by atomic mass is 35.5. The fraction of sp³-hybridized carbons (Fsp3) is 0.389. The summed E-state index contributed by atoms with van der Waals surface area (Å²) in [6, 6.07) is 5.05. The van der Waals surface area contributed by atoms with Crippen molar-refractivity contribution in [1.82, 2.24) is 30.0 Å². The summed E-state index contributed by atoms with van der Waals surface area (Å²) in [7, 11) is 1.54. The van der Waals surface area contributed by atoms with Gasteiger partial charge in [0.05, 0.1) is 24.9 Å². The van der Waals surface area contributed by atoms with Crippen molar-refractivity contribution < 1.29 is 14.1 Å². The van der Waals surface area contributed by atoms with Crippen LogP contribution in [0.25, 0.3) is 11.5 Å². The predicted molar refractivity (Wildman–Crippen MR) is 100 cm³/mol. The summed E-state index contributed by atoms with van der Waals surface area (Å²) >= 11 is 6.08. The summed E-state index contributed by atoms with van der Waals surface area (Å²) in [6.45, 7) is 2.90. The van der Waals surface area contributed by atoms with Crippen LogP contribution in [0.5, 0.6) is 5.75 Å². The first-order chi connectivity index (χ1) is 13.5. The third-order valence-electron chi connectivity index (χ3n) is 4.72. The average Bonchev–Trinajstić information content (AvgIpc) is 3.36. The van der Waals surface area contributed by atoms with Crippen molar-refractivity contribution in [3.63, 3.8) is 0 Å². The highest BCUT2D eigenvalue weighted by molar-refractivity contribution is 6.31. The standard InChI is InChI=1S/C18H19ClN6O3/c1-11-20-17(22-28-11)15-10-25(23-21-15)13-4-3-7-24(9-13)18(26)14-8-12(19)5-6-16(14)27-2/h5-6,8,10,13H,3-4,7,9H2,1-2H3/t13-/m0/s1. The lowest BCUT2D eigenvalue weighted by Gasteiger charge is -2.32. The Bertz CT molecular complexity index is 1000. The van der Waals surface area contributed by atoms with Crippen LogP contribution in [0.15, 0.2) is 28.9 Å². The van der Waals surface area contributed by atoms with Gasteiger partial charge in [-0.15, -0.1) is 5.10 Å². The van der Waals surface area contributed by atoms with Gasteiger partial charge in [-0.2, -0.15) is 4.98 Å². The summed E-state index contributed by atoms with van der Waals surface area (Å²) in [6.07, 6.45) is 3.53. The molecular formula is C18H19ClN6O3. The quantitative estimate of drug-likeness (QED) is 0.661. The molecule has 1 fully saturated rings. The van der Waals surface area contributed by atoms with Gasteiger partial charge in [0.2, 0.25) is 11.7 Å². The summed E-state index contributed by atoms with van der Waals surface area (Å²) in [5.74, 6) is 1.26. The van der Waals surface area contributed by atoms with E-state index in [0.29, 0.717) is 46.8 Å². The zero-order chi connectivity index (χ0) is 19.7. The van der Waals surface area contributed by atoms with E-state index in [1.54, 1.807) is 40.9 Å². The second kappa shape index (κ2) is 7.59. The molecule has 1 atom stereocenters. The van der Waals surface area contributed by atoms with E-state index in [1.165, 1.54) is 7.11 Å². The van der Waals surface area contributed by atoms with Gasteiger partial charge < -0.3 is 14.2 Å². The maximum absolute atomic E-state index is 13.0. The lowest BCUT2D eigenvalue weighted by Crippen LogP contribution is -2.41. The average molecular weight is 403 g/mol. The van der Waals surface area contributed by atoms with E-state index in [-0.39, 0.29) is 11.9 Å². The van der Waals surface area contributed by atoms with Crippen LogP contribution < -0.4 is 4.74 Å². The monoisotopic (exact) mass is 402 g/mol. The molecule has 9 nitrogen and oxygen atoms in total. The molecule has 0 saturated carbocycles. The molecule has 3 heterocycles. The highest BCUT2D eigenvalue weighted by Crippen LogP contribution is 2.28. The normalized spacial score (nSPS) is 17.0. The molecule has 3 aromatic rings. The van der Waals surface area contributed by atoms with Crippen LogP contribution in [0, 0.1) is 6.92 Å². The van der Waals surface area contributed by atoms with Crippen molar-refractivity contribution in [2.24, 2.45) is 0 Å². The Labute approximate surface area is 166 Å². The molecule has 1 aliphatic heterocycles. The Kier molecular flexibility index (Phi) is 4.99. The molecule has 0 bridgehead atoms. The molecule has 2 aromatic heterocycles. The number of hydrogen-bond donors (Lipinski definition) is 0. The Hall–Kier alpha value is -2.94. The van der Waals surface area contributed by atoms with Gasteiger partial charge in [0, 0.05) is 25.0 Å². The number of benzene rings is 1. The summed E-state index contributed by atoms with van der Waals surface area (Å²) in [4.78, 5) is 19.0. The highest BCUT2D eigenvalue weighted by Gasteiger charge is 2.28. The number of aryl methyl sites for hydroxylation is 1. The zero-order valence-corrected chi connectivity index (χ0v) is 16.3. The zero-order valence-electron chi connectivity index (χ0n) is 15.5. The fourth-order valence-corrected chi connectivity index (χ4v) is 3.51. The van der Waals surface area contributed by atoms with Crippen molar-refractivity contribution in [2.75, 3.05) is 20.2 Å². The van der Waals surface area contributed by atoms with E-state index in [9.17, 15) is 4.79 Å². The van der Waals surface area contributed by atoms with Crippen molar-refractivity contribution >= 4 is 17.5 Å². The van der Waals surface area contributed by atoms with Crippen LogP contribution in [0.2, 0.25) is 5.02 Å². The van der Waals surface area contributed by atoms with Crippen LogP contribution in [0.1, 0.15) is 35.1 Å². The summed E-state index contributed by atoms with van der Waals surface area (Å²) < 4.78 is 12.1. The van der Waals surface area contributed by atoms with E-state index < -0.39 is 0 Å². The van der Waals surface area contributed by atoms with Gasteiger partial charge in [-0.3, -0.25) is 4.79 Å². The number of methoxy groups -OCH3 is 1. The van der Waals surface area contributed by atoms with Crippen LogP contribution in [-0.4, -0.2) is 56.1 Å². The summed E-state index contributed by atoms with van der Waals surface area (Å²) in [5.41, 5.74) is 0.994. The van der Waals surface area contributed by atoms with Gasteiger partial charge in [0.25, 0.3) is 5.91 Å². The molecule has 0 radical (unpaired) electrons. The fourth-order valence-electron chi connectivity index (χ4n) is 3.33. The maximum Gasteiger partial charge on any atom is 0.257 e. The summed E-state index contributed by atoms with van der Waals surface area (Å²) in [5, 5.41) is 12.7. The number of carbonyl (C=O) groups excluding carboxylic acids is 1. The first-order valence-corrected chi connectivity index (χ1v) is 9.28. The number of aromatic nitrogens is 5. The van der Waals surface area contributed by atoms with Crippen LogP contribution in [-0.2, 0) is 0 Å². The number of carbonyl (C=O) groups is 1. The third-order valence-corrected chi connectivity index (χ3v) is 4.95. The number of hydrogen-bond acceptors (Lipinski definition) is 7. The van der Waals surface area contributed by atoms with Gasteiger partial charge in [0.1, 0.15) is 5.75 Å². The Morgan fingerprint density at radius 2 is 2.25 bits per heavy atom. The van der Waals surface area contributed by atoms with E-state index in [0.717, 1.165) is 12.8 Å². The first kappa shape index (κ1) is 18.4. The van der Waals surface area contributed by atoms with E-state index in [1.807, 2.05) is 0 Å². The largest absolute Gasteiger partial charge is 0.496 e. The smallest absolute Gasteiger partial charge is 0.257 e. The number of rotatable bonds is 4. The molecular weight excluding hydrogens is 384 g/mol. The molecule has 10 heteroatoms. The number of piperidine rings is 1. The number of nitrogens with zero attached hydrogens (tertiary/aromatic N) is 6. The lowest BCUT2D eigenvalue weighted by molar-refractivity contribution is 0.0668.